The summed E-state index contributed by atoms with van der Waals surface area (Å²) in [5.41, 5.74) is 0.753. The highest BCUT2D eigenvalue weighted by atomic mass is 16.5. The molecule has 0 spiro atoms. The maximum absolute atomic E-state index is 12.8. The van der Waals surface area contributed by atoms with Crippen molar-refractivity contribution in [2.45, 2.75) is 39.2 Å². The first kappa shape index (κ1) is 17.4. The molecule has 8 heteroatoms. The molecule has 1 unspecified atom stereocenters. The number of likely N-dealkylation sites (tertiary alicyclic amines) is 1. The molecule has 0 saturated carbocycles. The van der Waals surface area contributed by atoms with Gasteiger partial charge in [-0.2, -0.15) is 0 Å². The Labute approximate surface area is 146 Å². The first-order chi connectivity index (χ1) is 12.0. The number of piperazine rings is 1. The Bertz CT molecular complexity index is 671. The van der Waals surface area contributed by atoms with Gasteiger partial charge in [-0.1, -0.05) is 5.16 Å². The van der Waals surface area contributed by atoms with Crippen molar-refractivity contribution >= 4 is 17.7 Å². The molecule has 1 aromatic rings. The topological polar surface area (TPSA) is 87.0 Å². The fraction of sp³-hybridized carbons (Fsp3) is 0.647. The van der Waals surface area contributed by atoms with E-state index in [0.29, 0.717) is 31.9 Å². The first-order valence-corrected chi connectivity index (χ1v) is 8.82. The molecule has 25 heavy (non-hydrogen) atoms. The van der Waals surface area contributed by atoms with Crippen LogP contribution in [0, 0.1) is 6.92 Å². The van der Waals surface area contributed by atoms with E-state index in [1.807, 2.05) is 19.9 Å². The quantitative estimate of drug-likeness (QED) is 0.749. The standard InChI is InChI=1S/C17H24N4O4/c1-3-19-8-9-20(17(24)16(19)23)11-15(22)21-7-5-4-6-14(21)13-10-12(2)25-18-13/h10,14H,3-9,11H2,1-2H3. The largest absolute Gasteiger partial charge is 0.361 e. The third-order valence-electron chi connectivity index (χ3n) is 4.92. The van der Waals surface area contributed by atoms with E-state index in [2.05, 4.69) is 5.16 Å². The summed E-state index contributed by atoms with van der Waals surface area (Å²) in [5.74, 6) is -0.544. The van der Waals surface area contributed by atoms with Gasteiger partial charge in [0.1, 0.15) is 18.0 Å². The van der Waals surface area contributed by atoms with Crippen LogP contribution in [0.2, 0.25) is 0 Å². The normalized spacial score (nSPS) is 21.8. The van der Waals surface area contributed by atoms with Gasteiger partial charge in [-0.3, -0.25) is 14.4 Å². The molecule has 1 aromatic heterocycles. The molecule has 136 valence electrons. The molecular formula is C17H24N4O4. The SMILES string of the molecule is CCN1CCN(CC(=O)N2CCCCC2c2cc(C)on2)C(=O)C1=O. The van der Waals surface area contributed by atoms with Gasteiger partial charge in [0.2, 0.25) is 5.91 Å². The van der Waals surface area contributed by atoms with Crippen LogP contribution in [0.25, 0.3) is 0 Å². The second-order valence-corrected chi connectivity index (χ2v) is 6.57. The number of piperidine rings is 1. The van der Waals surface area contributed by atoms with Crippen molar-refractivity contribution in [2.24, 2.45) is 0 Å². The maximum Gasteiger partial charge on any atom is 0.312 e. The fourth-order valence-electron chi connectivity index (χ4n) is 3.50. The molecule has 0 aliphatic carbocycles. The third-order valence-corrected chi connectivity index (χ3v) is 4.92. The fourth-order valence-corrected chi connectivity index (χ4v) is 3.50. The van der Waals surface area contributed by atoms with Crippen LogP contribution in [-0.4, -0.2) is 70.3 Å². The first-order valence-electron chi connectivity index (χ1n) is 8.82. The van der Waals surface area contributed by atoms with Crippen molar-refractivity contribution in [3.63, 3.8) is 0 Å². The van der Waals surface area contributed by atoms with Crippen molar-refractivity contribution in [3.8, 4) is 0 Å². The minimum atomic E-state index is -0.590. The number of aryl methyl sites for hydroxylation is 1. The van der Waals surface area contributed by atoms with Crippen molar-refractivity contribution in [1.29, 1.82) is 0 Å². The summed E-state index contributed by atoms with van der Waals surface area (Å²) in [6.45, 7) is 5.60. The molecule has 0 bridgehead atoms. The predicted octanol–water partition coefficient (Wildman–Crippen LogP) is 0.727. The Kier molecular flexibility index (Phi) is 5.06. The van der Waals surface area contributed by atoms with Crippen LogP contribution in [0.4, 0.5) is 0 Å². The van der Waals surface area contributed by atoms with E-state index in [1.165, 1.54) is 9.80 Å². The molecule has 2 aliphatic heterocycles. The Morgan fingerprint density at radius 2 is 1.92 bits per heavy atom. The molecule has 3 amide bonds. The number of rotatable bonds is 4. The molecule has 2 aliphatic rings. The lowest BCUT2D eigenvalue weighted by Gasteiger charge is -2.37. The minimum absolute atomic E-state index is 0.0601. The van der Waals surface area contributed by atoms with Gasteiger partial charge >= 0.3 is 11.8 Å². The molecule has 0 radical (unpaired) electrons. The zero-order valence-corrected chi connectivity index (χ0v) is 14.7. The lowest BCUT2D eigenvalue weighted by atomic mass is 9.99. The Balaban J connectivity index is 1.69. The molecule has 2 fully saturated rings. The van der Waals surface area contributed by atoms with E-state index < -0.39 is 11.8 Å². The van der Waals surface area contributed by atoms with Crippen LogP contribution in [0.5, 0.6) is 0 Å². The molecule has 8 nitrogen and oxygen atoms in total. The van der Waals surface area contributed by atoms with Crippen LogP contribution in [0.1, 0.15) is 43.7 Å². The van der Waals surface area contributed by atoms with Crippen LogP contribution in [-0.2, 0) is 14.4 Å². The van der Waals surface area contributed by atoms with Crippen LogP contribution < -0.4 is 0 Å². The number of likely N-dealkylation sites (N-methyl/N-ethyl adjacent to an activating group) is 1. The van der Waals surface area contributed by atoms with Gasteiger partial charge in [0.25, 0.3) is 0 Å². The zero-order valence-electron chi connectivity index (χ0n) is 14.7. The highest BCUT2D eigenvalue weighted by Gasteiger charge is 2.36. The lowest BCUT2D eigenvalue weighted by molar-refractivity contribution is -0.158. The van der Waals surface area contributed by atoms with Crippen LogP contribution in [0.3, 0.4) is 0 Å². The van der Waals surface area contributed by atoms with Crippen molar-refractivity contribution in [2.75, 3.05) is 32.7 Å². The van der Waals surface area contributed by atoms with E-state index in [9.17, 15) is 14.4 Å². The minimum Gasteiger partial charge on any atom is -0.361 e. The van der Waals surface area contributed by atoms with Gasteiger partial charge in [0, 0.05) is 32.2 Å². The van der Waals surface area contributed by atoms with Gasteiger partial charge in [0.15, 0.2) is 0 Å². The van der Waals surface area contributed by atoms with Gasteiger partial charge in [-0.25, -0.2) is 0 Å². The van der Waals surface area contributed by atoms with Crippen molar-refractivity contribution < 1.29 is 18.9 Å². The molecule has 1 atom stereocenters. The second-order valence-electron chi connectivity index (χ2n) is 6.57. The average molecular weight is 348 g/mol. The van der Waals surface area contributed by atoms with Gasteiger partial charge < -0.3 is 19.2 Å². The van der Waals surface area contributed by atoms with E-state index >= 15 is 0 Å². The van der Waals surface area contributed by atoms with Crippen molar-refractivity contribution in [1.82, 2.24) is 19.9 Å². The maximum atomic E-state index is 12.8. The molecule has 2 saturated heterocycles. The number of aromatic nitrogens is 1. The monoisotopic (exact) mass is 348 g/mol. The van der Waals surface area contributed by atoms with Crippen LogP contribution >= 0.6 is 0 Å². The highest BCUT2D eigenvalue weighted by molar-refractivity contribution is 6.35. The second kappa shape index (κ2) is 7.25. The smallest absolute Gasteiger partial charge is 0.312 e. The number of carbonyl (C=O) groups excluding carboxylic acids is 3. The summed E-state index contributed by atoms with van der Waals surface area (Å²) in [7, 11) is 0. The van der Waals surface area contributed by atoms with Crippen molar-refractivity contribution in [3.05, 3.63) is 17.5 Å². The summed E-state index contributed by atoms with van der Waals surface area (Å²) < 4.78 is 5.15. The number of amides is 3. The number of nitrogens with zero attached hydrogens (tertiary/aromatic N) is 4. The molecular weight excluding hydrogens is 324 g/mol. The number of hydrogen-bond acceptors (Lipinski definition) is 5. The van der Waals surface area contributed by atoms with Gasteiger partial charge in [0.05, 0.1) is 6.04 Å². The van der Waals surface area contributed by atoms with E-state index in [0.717, 1.165) is 25.0 Å². The summed E-state index contributed by atoms with van der Waals surface area (Å²) >= 11 is 0. The summed E-state index contributed by atoms with van der Waals surface area (Å²) in [5, 5.41) is 4.06. The number of carbonyl (C=O) groups is 3. The Morgan fingerprint density at radius 1 is 1.20 bits per heavy atom. The zero-order chi connectivity index (χ0) is 18.0. The highest BCUT2D eigenvalue weighted by Crippen LogP contribution is 2.30. The Hall–Kier alpha value is -2.38. The summed E-state index contributed by atoms with van der Waals surface area (Å²) in [6.07, 6.45) is 2.77. The average Bonchev–Trinajstić information content (AvgIpc) is 3.05. The lowest BCUT2D eigenvalue weighted by Crippen LogP contribution is -2.56. The summed E-state index contributed by atoms with van der Waals surface area (Å²) in [4.78, 5) is 41.6. The number of hydrogen-bond donors (Lipinski definition) is 0. The molecule has 0 aromatic carbocycles. The van der Waals surface area contributed by atoms with Gasteiger partial charge in [-0.05, 0) is 33.1 Å². The van der Waals surface area contributed by atoms with E-state index in [-0.39, 0.29) is 18.5 Å². The molecule has 3 rings (SSSR count). The molecule has 0 N–H and O–H groups in total. The van der Waals surface area contributed by atoms with Crippen LogP contribution in [0.15, 0.2) is 10.6 Å². The van der Waals surface area contributed by atoms with Gasteiger partial charge in [-0.15, -0.1) is 0 Å². The van der Waals surface area contributed by atoms with E-state index in [1.54, 1.807) is 4.90 Å². The van der Waals surface area contributed by atoms with E-state index in [4.69, 9.17) is 4.52 Å². The third kappa shape index (κ3) is 3.52. The molecule has 3 heterocycles. The summed E-state index contributed by atoms with van der Waals surface area (Å²) in [6, 6.07) is 1.73. The Morgan fingerprint density at radius 3 is 2.60 bits per heavy atom. The predicted molar refractivity (Wildman–Crippen MR) is 88.4 cm³/mol.